The number of hydrogen-bond donors (Lipinski definition) is 1. The van der Waals surface area contributed by atoms with E-state index in [1.54, 1.807) is 0 Å². The highest BCUT2D eigenvalue weighted by Crippen LogP contribution is 2.32. The smallest absolute Gasteiger partial charge is 0.227 e. The van der Waals surface area contributed by atoms with Crippen LogP contribution in [0.4, 0.5) is 0 Å². The first-order chi connectivity index (χ1) is 9.92. The molecule has 1 aromatic carbocycles. The molecular weight excluding hydrogens is 250 g/mol. The molecule has 0 spiro atoms. The lowest BCUT2D eigenvalue weighted by atomic mass is 9.82. The van der Waals surface area contributed by atoms with Crippen LogP contribution in [0.3, 0.4) is 0 Å². The maximum atomic E-state index is 5.00. The Bertz CT molecular complexity index is 490. The predicted octanol–water partition coefficient (Wildman–Crippen LogP) is 2.93. The van der Waals surface area contributed by atoms with E-state index in [-0.39, 0.29) is 0 Å². The molecule has 0 radical (unpaired) electrons. The van der Waals surface area contributed by atoms with Gasteiger partial charge in [-0.2, -0.15) is 4.98 Å². The monoisotopic (exact) mass is 271 g/mol. The molecule has 1 aliphatic rings. The molecule has 1 heterocycles. The SMILES string of the molecule is c1ccc(C2CCC(NCCc3ncno3)CC2)cc1. The Balaban J connectivity index is 1.40. The molecule has 0 unspecified atom stereocenters. The van der Waals surface area contributed by atoms with Crippen LogP contribution in [0.1, 0.15) is 43.1 Å². The topological polar surface area (TPSA) is 51.0 Å². The Morgan fingerprint density at radius 2 is 1.90 bits per heavy atom. The van der Waals surface area contributed by atoms with Crippen LogP contribution < -0.4 is 5.32 Å². The van der Waals surface area contributed by atoms with E-state index in [2.05, 4.69) is 45.8 Å². The lowest BCUT2D eigenvalue weighted by Gasteiger charge is -2.29. The van der Waals surface area contributed by atoms with Gasteiger partial charge in [0.2, 0.25) is 5.89 Å². The van der Waals surface area contributed by atoms with E-state index >= 15 is 0 Å². The third-order valence-electron chi connectivity index (χ3n) is 4.18. The fourth-order valence-electron chi connectivity index (χ4n) is 3.05. The van der Waals surface area contributed by atoms with Crippen LogP contribution in [0, 0.1) is 0 Å². The Morgan fingerprint density at radius 1 is 1.10 bits per heavy atom. The summed E-state index contributed by atoms with van der Waals surface area (Å²) in [5, 5.41) is 7.22. The van der Waals surface area contributed by atoms with Gasteiger partial charge in [-0.15, -0.1) is 0 Å². The van der Waals surface area contributed by atoms with Gasteiger partial charge in [0.1, 0.15) is 0 Å². The van der Waals surface area contributed by atoms with E-state index < -0.39 is 0 Å². The summed E-state index contributed by atoms with van der Waals surface area (Å²) in [6.07, 6.45) is 7.34. The van der Waals surface area contributed by atoms with Crippen molar-refractivity contribution in [2.75, 3.05) is 6.54 Å². The largest absolute Gasteiger partial charge is 0.340 e. The van der Waals surface area contributed by atoms with Crippen LogP contribution in [0.15, 0.2) is 41.2 Å². The van der Waals surface area contributed by atoms with Crippen molar-refractivity contribution in [3.05, 3.63) is 48.1 Å². The van der Waals surface area contributed by atoms with E-state index in [0.717, 1.165) is 24.8 Å². The molecule has 0 amide bonds. The van der Waals surface area contributed by atoms with E-state index in [1.807, 2.05) is 0 Å². The molecular formula is C16H21N3O. The first kappa shape index (κ1) is 13.3. The molecule has 0 aliphatic heterocycles. The van der Waals surface area contributed by atoms with Crippen molar-refractivity contribution in [2.24, 2.45) is 0 Å². The fourth-order valence-corrected chi connectivity index (χ4v) is 3.05. The van der Waals surface area contributed by atoms with Crippen LogP contribution in [-0.4, -0.2) is 22.7 Å². The Morgan fingerprint density at radius 3 is 2.60 bits per heavy atom. The quantitative estimate of drug-likeness (QED) is 0.908. The van der Waals surface area contributed by atoms with Gasteiger partial charge in [-0.3, -0.25) is 0 Å². The van der Waals surface area contributed by atoms with Crippen LogP contribution in [0.25, 0.3) is 0 Å². The lowest BCUT2D eigenvalue weighted by Crippen LogP contribution is -2.34. The zero-order valence-electron chi connectivity index (χ0n) is 11.7. The third kappa shape index (κ3) is 3.45. The molecule has 0 atom stereocenters. The summed E-state index contributed by atoms with van der Waals surface area (Å²) in [5.74, 6) is 1.46. The maximum absolute atomic E-state index is 5.00. The van der Waals surface area contributed by atoms with Gasteiger partial charge in [-0.05, 0) is 37.2 Å². The van der Waals surface area contributed by atoms with Gasteiger partial charge in [-0.1, -0.05) is 35.5 Å². The second-order valence-corrected chi connectivity index (χ2v) is 5.50. The molecule has 1 saturated carbocycles. The first-order valence-corrected chi connectivity index (χ1v) is 7.45. The molecule has 2 aromatic rings. The van der Waals surface area contributed by atoms with E-state index in [1.165, 1.54) is 37.6 Å². The van der Waals surface area contributed by atoms with Gasteiger partial charge < -0.3 is 9.84 Å². The summed E-state index contributed by atoms with van der Waals surface area (Å²) in [6, 6.07) is 11.5. The van der Waals surface area contributed by atoms with Crippen molar-refractivity contribution in [1.29, 1.82) is 0 Å². The summed E-state index contributed by atoms with van der Waals surface area (Å²) < 4.78 is 5.00. The number of hydrogen-bond acceptors (Lipinski definition) is 4. The van der Waals surface area contributed by atoms with Crippen molar-refractivity contribution in [2.45, 2.75) is 44.1 Å². The van der Waals surface area contributed by atoms with Crippen molar-refractivity contribution in [1.82, 2.24) is 15.5 Å². The molecule has 1 N–H and O–H groups in total. The van der Waals surface area contributed by atoms with E-state index in [9.17, 15) is 0 Å². The molecule has 0 saturated heterocycles. The maximum Gasteiger partial charge on any atom is 0.227 e. The number of nitrogens with zero attached hydrogens (tertiary/aromatic N) is 2. The molecule has 1 aliphatic carbocycles. The minimum absolute atomic E-state index is 0.637. The minimum Gasteiger partial charge on any atom is -0.340 e. The summed E-state index contributed by atoms with van der Waals surface area (Å²) in [5.41, 5.74) is 1.50. The average Bonchev–Trinajstić information content (AvgIpc) is 3.02. The second-order valence-electron chi connectivity index (χ2n) is 5.50. The van der Waals surface area contributed by atoms with Crippen LogP contribution in [-0.2, 0) is 6.42 Å². The molecule has 106 valence electrons. The van der Waals surface area contributed by atoms with Crippen molar-refractivity contribution in [3.8, 4) is 0 Å². The zero-order chi connectivity index (χ0) is 13.6. The highest BCUT2D eigenvalue weighted by Gasteiger charge is 2.21. The summed E-state index contributed by atoms with van der Waals surface area (Å²) in [7, 11) is 0. The van der Waals surface area contributed by atoms with Crippen LogP contribution in [0.5, 0.6) is 0 Å². The van der Waals surface area contributed by atoms with Crippen LogP contribution in [0.2, 0.25) is 0 Å². The molecule has 1 aromatic heterocycles. The van der Waals surface area contributed by atoms with Crippen LogP contribution >= 0.6 is 0 Å². The minimum atomic E-state index is 0.637. The van der Waals surface area contributed by atoms with Crippen molar-refractivity contribution >= 4 is 0 Å². The van der Waals surface area contributed by atoms with Gasteiger partial charge in [0.25, 0.3) is 0 Å². The second kappa shape index (κ2) is 6.66. The molecule has 3 rings (SSSR count). The molecule has 0 bridgehead atoms. The third-order valence-corrected chi connectivity index (χ3v) is 4.18. The highest BCUT2D eigenvalue weighted by atomic mass is 16.5. The summed E-state index contributed by atoms with van der Waals surface area (Å²) in [4.78, 5) is 4.03. The fraction of sp³-hybridized carbons (Fsp3) is 0.500. The van der Waals surface area contributed by atoms with Gasteiger partial charge in [-0.25, -0.2) is 0 Å². The Hall–Kier alpha value is -1.68. The average molecular weight is 271 g/mol. The van der Waals surface area contributed by atoms with Crippen molar-refractivity contribution < 1.29 is 4.52 Å². The van der Waals surface area contributed by atoms with E-state index in [4.69, 9.17) is 4.52 Å². The number of aromatic nitrogens is 2. The van der Waals surface area contributed by atoms with E-state index in [0.29, 0.717) is 6.04 Å². The molecule has 4 heteroatoms. The molecule has 20 heavy (non-hydrogen) atoms. The Kier molecular flexibility index (Phi) is 4.43. The van der Waals surface area contributed by atoms with Gasteiger partial charge in [0, 0.05) is 19.0 Å². The van der Waals surface area contributed by atoms with Gasteiger partial charge >= 0.3 is 0 Å². The highest BCUT2D eigenvalue weighted by molar-refractivity contribution is 5.20. The molecule has 4 nitrogen and oxygen atoms in total. The summed E-state index contributed by atoms with van der Waals surface area (Å²) >= 11 is 0. The normalized spacial score (nSPS) is 22.8. The predicted molar refractivity (Wildman–Crippen MR) is 77.4 cm³/mol. The standard InChI is InChI=1S/C16H21N3O/c1-2-4-13(5-3-1)14-6-8-15(9-7-14)17-11-10-16-18-12-19-20-16/h1-5,12,14-15,17H,6-11H2. The zero-order valence-corrected chi connectivity index (χ0v) is 11.7. The number of nitrogens with one attached hydrogen (secondary N) is 1. The lowest BCUT2D eigenvalue weighted by molar-refractivity contribution is 0.332. The Labute approximate surface area is 119 Å². The number of rotatable bonds is 5. The molecule has 1 fully saturated rings. The van der Waals surface area contributed by atoms with Crippen molar-refractivity contribution in [3.63, 3.8) is 0 Å². The van der Waals surface area contributed by atoms with Gasteiger partial charge in [0.15, 0.2) is 6.33 Å². The van der Waals surface area contributed by atoms with Gasteiger partial charge in [0.05, 0.1) is 0 Å². The first-order valence-electron chi connectivity index (χ1n) is 7.45. The summed E-state index contributed by atoms with van der Waals surface area (Å²) in [6.45, 7) is 0.920. The number of benzene rings is 1.